The number of anilines is 1. The first-order chi connectivity index (χ1) is 21.8. The predicted octanol–water partition coefficient (Wildman–Crippen LogP) is 4.48. The molecule has 6 rings (SSSR count). The number of amides is 3. The topological polar surface area (TPSA) is 90.4 Å². The molecular formula is C36H43N3O5S. The van der Waals surface area contributed by atoms with Crippen molar-refractivity contribution in [1.29, 1.82) is 0 Å². The Labute approximate surface area is 270 Å². The summed E-state index contributed by atoms with van der Waals surface area (Å²) >= 11 is 1.57. The Morgan fingerprint density at radius 2 is 1.73 bits per heavy atom. The standard InChI is InChI=1S/C36H43N3O5S/c1-4-11-24(3)37-21-10-19-36-31(34(42)39(32(36)35(37)43)27(23-40)22-25-12-7-6-8-13-25)30-29(45-36)14-9-20-38(33(30)41)26-15-17-28(18-16-26)44-5-2/h6-10,12-19,24,27,29-32,40H,4-5,11,20-23H2,1-3H3/t24?,27-,29+,30-,31+,32?,36+/m1/s1. The van der Waals surface area contributed by atoms with E-state index in [9.17, 15) is 19.5 Å². The molecule has 2 saturated heterocycles. The summed E-state index contributed by atoms with van der Waals surface area (Å²) in [5.74, 6) is -1.13. The van der Waals surface area contributed by atoms with Gasteiger partial charge in [-0.15, -0.1) is 11.8 Å². The van der Waals surface area contributed by atoms with Gasteiger partial charge < -0.3 is 24.5 Å². The minimum absolute atomic E-state index is 0.00596. The summed E-state index contributed by atoms with van der Waals surface area (Å²) in [6, 6.07) is 15.8. The number of aliphatic hydroxyl groups excluding tert-OH is 1. The molecule has 1 N–H and O–H groups in total. The zero-order chi connectivity index (χ0) is 31.7. The lowest BCUT2D eigenvalue weighted by Gasteiger charge is -2.40. The molecule has 9 heteroatoms. The molecule has 2 unspecified atom stereocenters. The van der Waals surface area contributed by atoms with Gasteiger partial charge in [-0.1, -0.05) is 68.0 Å². The number of nitrogens with zero attached hydrogens (tertiary/aromatic N) is 3. The van der Waals surface area contributed by atoms with Crippen LogP contribution >= 0.6 is 11.8 Å². The molecule has 2 aromatic carbocycles. The highest BCUT2D eigenvalue weighted by Gasteiger charge is 2.71. The van der Waals surface area contributed by atoms with E-state index in [-0.39, 0.29) is 35.6 Å². The molecule has 1 spiro atoms. The Morgan fingerprint density at radius 1 is 0.978 bits per heavy atom. The largest absolute Gasteiger partial charge is 0.494 e. The maximum Gasteiger partial charge on any atom is 0.247 e. The first-order valence-electron chi connectivity index (χ1n) is 16.2. The van der Waals surface area contributed by atoms with Crippen LogP contribution in [0.5, 0.6) is 5.75 Å². The lowest BCUT2D eigenvalue weighted by molar-refractivity contribution is -0.146. The molecule has 0 bridgehead atoms. The number of carbonyl (C=O) groups is 3. The number of ether oxygens (including phenoxy) is 1. The zero-order valence-corrected chi connectivity index (χ0v) is 27.1. The third kappa shape index (κ3) is 5.48. The number of aliphatic hydroxyl groups is 1. The van der Waals surface area contributed by atoms with Crippen molar-refractivity contribution in [3.63, 3.8) is 0 Å². The van der Waals surface area contributed by atoms with Crippen LogP contribution in [0.15, 0.2) is 78.9 Å². The Morgan fingerprint density at radius 3 is 2.42 bits per heavy atom. The Balaban J connectivity index is 1.42. The Hall–Kier alpha value is -3.56. The quantitative estimate of drug-likeness (QED) is 0.390. The highest BCUT2D eigenvalue weighted by molar-refractivity contribution is 8.02. The zero-order valence-electron chi connectivity index (χ0n) is 26.2. The Kier molecular flexibility index (Phi) is 9.11. The second-order valence-corrected chi connectivity index (χ2v) is 13.9. The smallest absolute Gasteiger partial charge is 0.247 e. The summed E-state index contributed by atoms with van der Waals surface area (Å²) in [7, 11) is 0. The van der Waals surface area contributed by atoms with Crippen molar-refractivity contribution < 1.29 is 24.2 Å². The minimum Gasteiger partial charge on any atom is -0.494 e. The fraction of sp³-hybridized carbons (Fsp3) is 0.472. The van der Waals surface area contributed by atoms with Gasteiger partial charge in [-0.05, 0) is 56.5 Å². The molecule has 0 saturated carbocycles. The fourth-order valence-electron chi connectivity index (χ4n) is 7.72. The number of carbonyl (C=O) groups excluding carboxylic acids is 3. The van der Waals surface area contributed by atoms with E-state index in [0.29, 0.717) is 26.1 Å². The van der Waals surface area contributed by atoms with Crippen LogP contribution in [-0.4, -0.2) is 87.1 Å². The lowest BCUT2D eigenvalue weighted by Crippen LogP contribution is -2.58. The molecule has 0 aromatic heterocycles. The predicted molar refractivity (Wildman–Crippen MR) is 177 cm³/mol. The molecular weight excluding hydrogens is 586 g/mol. The van der Waals surface area contributed by atoms with Crippen LogP contribution in [0, 0.1) is 11.8 Å². The molecule has 8 nitrogen and oxygen atoms in total. The van der Waals surface area contributed by atoms with Crippen LogP contribution in [0.3, 0.4) is 0 Å². The summed E-state index contributed by atoms with van der Waals surface area (Å²) in [6.07, 6.45) is 10.3. The van der Waals surface area contributed by atoms with Gasteiger partial charge in [-0.2, -0.15) is 0 Å². The van der Waals surface area contributed by atoms with Crippen molar-refractivity contribution in [3.8, 4) is 5.75 Å². The molecule has 3 amide bonds. The SMILES string of the molecule is CCCC(C)N1CC=C[C@]23S[C@H]4C=CCN(c5ccc(OCC)cc5)C(=O)[C@H]4[C@H]2C(=O)N([C@@H](CO)Cc2ccccc2)C3C1=O. The van der Waals surface area contributed by atoms with Crippen LogP contribution in [-0.2, 0) is 20.8 Å². The van der Waals surface area contributed by atoms with Crippen LogP contribution < -0.4 is 9.64 Å². The van der Waals surface area contributed by atoms with Gasteiger partial charge in [0.15, 0.2) is 0 Å². The maximum atomic E-state index is 14.9. The fourth-order valence-corrected chi connectivity index (χ4v) is 9.71. The number of hydrogen-bond donors (Lipinski definition) is 1. The van der Waals surface area contributed by atoms with Gasteiger partial charge in [0.2, 0.25) is 17.7 Å². The first kappa shape index (κ1) is 31.4. The van der Waals surface area contributed by atoms with Gasteiger partial charge in [0.05, 0.1) is 35.8 Å². The van der Waals surface area contributed by atoms with Gasteiger partial charge in [0.1, 0.15) is 11.8 Å². The van der Waals surface area contributed by atoms with Crippen molar-refractivity contribution >= 4 is 35.2 Å². The van der Waals surface area contributed by atoms with Gasteiger partial charge in [-0.25, -0.2) is 0 Å². The number of fused-ring (bicyclic) bond motifs is 2. The van der Waals surface area contributed by atoms with E-state index in [1.165, 1.54) is 0 Å². The van der Waals surface area contributed by atoms with Gasteiger partial charge in [0, 0.05) is 30.1 Å². The number of likely N-dealkylation sites (tertiary alicyclic amines) is 1. The highest BCUT2D eigenvalue weighted by Crippen LogP contribution is 2.61. The van der Waals surface area contributed by atoms with Crippen LogP contribution in [0.4, 0.5) is 5.69 Å². The van der Waals surface area contributed by atoms with Crippen molar-refractivity contribution in [2.24, 2.45) is 11.8 Å². The van der Waals surface area contributed by atoms with Crippen molar-refractivity contribution in [2.45, 2.75) is 68.2 Å². The summed E-state index contributed by atoms with van der Waals surface area (Å²) < 4.78 is 4.68. The van der Waals surface area contributed by atoms with Crippen molar-refractivity contribution in [1.82, 2.24) is 9.80 Å². The van der Waals surface area contributed by atoms with Crippen molar-refractivity contribution in [3.05, 3.63) is 84.5 Å². The molecule has 4 aliphatic rings. The molecule has 2 aromatic rings. The first-order valence-corrected chi connectivity index (χ1v) is 17.1. The number of rotatable bonds is 10. The molecule has 45 heavy (non-hydrogen) atoms. The van der Waals surface area contributed by atoms with E-state index in [4.69, 9.17) is 4.74 Å². The van der Waals surface area contributed by atoms with E-state index in [0.717, 1.165) is 29.8 Å². The molecule has 2 fully saturated rings. The second kappa shape index (κ2) is 13.0. The minimum atomic E-state index is -0.934. The molecule has 0 radical (unpaired) electrons. The molecule has 7 atom stereocenters. The molecule has 4 aliphatic heterocycles. The Bertz CT molecular complexity index is 1460. The summed E-state index contributed by atoms with van der Waals surface area (Å²) in [5, 5.41) is 10.5. The normalized spacial score (nSPS) is 28.8. The van der Waals surface area contributed by atoms with E-state index in [1.54, 1.807) is 21.6 Å². The van der Waals surface area contributed by atoms with Crippen LogP contribution in [0.25, 0.3) is 0 Å². The van der Waals surface area contributed by atoms with Gasteiger partial charge in [0.25, 0.3) is 0 Å². The summed E-state index contributed by atoms with van der Waals surface area (Å²) in [5.41, 5.74) is 1.71. The molecule has 0 aliphatic carbocycles. The number of benzene rings is 2. The van der Waals surface area contributed by atoms with Crippen molar-refractivity contribution in [2.75, 3.05) is 31.2 Å². The van der Waals surface area contributed by atoms with E-state index < -0.39 is 28.7 Å². The average Bonchev–Trinajstić information content (AvgIpc) is 3.36. The highest BCUT2D eigenvalue weighted by atomic mass is 32.2. The summed E-state index contributed by atoms with van der Waals surface area (Å²) in [4.78, 5) is 49.4. The lowest BCUT2D eigenvalue weighted by atomic mass is 9.78. The molecule has 238 valence electrons. The van der Waals surface area contributed by atoms with Gasteiger partial charge >= 0.3 is 0 Å². The summed E-state index contributed by atoms with van der Waals surface area (Å²) in [6.45, 7) is 7.21. The van der Waals surface area contributed by atoms with Gasteiger partial charge in [-0.3, -0.25) is 14.4 Å². The van der Waals surface area contributed by atoms with Crippen LogP contribution in [0.2, 0.25) is 0 Å². The average molecular weight is 630 g/mol. The molecule has 4 heterocycles. The van der Waals surface area contributed by atoms with E-state index in [1.807, 2.05) is 78.6 Å². The number of thioether (sulfide) groups is 1. The monoisotopic (exact) mass is 629 g/mol. The second-order valence-electron chi connectivity index (χ2n) is 12.4. The van der Waals surface area contributed by atoms with Crippen LogP contribution in [0.1, 0.15) is 39.2 Å². The van der Waals surface area contributed by atoms with E-state index >= 15 is 0 Å². The van der Waals surface area contributed by atoms with E-state index in [2.05, 4.69) is 26.0 Å². The maximum absolute atomic E-state index is 14.9. The third-order valence-corrected chi connectivity index (χ3v) is 11.5. The third-order valence-electron chi connectivity index (χ3n) is 9.74. The number of hydrogen-bond acceptors (Lipinski definition) is 6.